The molecule has 1 aliphatic carbocycles. The number of hydrogen-bond donors (Lipinski definition) is 1. The number of nitrogens with one attached hydrogen (secondary N) is 1. The van der Waals surface area contributed by atoms with Crippen molar-refractivity contribution in [2.24, 2.45) is 4.99 Å². The molecule has 0 bridgehead atoms. The van der Waals surface area contributed by atoms with Crippen molar-refractivity contribution in [2.45, 2.75) is 38.0 Å². The second-order valence-corrected chi connectivity index (χ2v) is 7.41. The fraction of sp³-hybridized carbons (Fsp3) is 0.529. The van der Waals surface area contributed by atoms with Gasteiger partial charge in [-0.15, -0.1) is 0 Å². The zero-order valence-corrected chi connectivity index (χ0v) is 14.6. The third-order valence-electron chi connectivity index (χ3n) is 4.21. The van der Waals surface area contributed by atoms with E-state index < -0.39 is 0 Å². The number of nitrogens with zero attached hydrogens (tertiary/aromatic N) is 1. The molecule has 1 aromatic rings. The highest BCUT2D eigenvalue weighted by Gasteiger charge is 2.20. The quantitative estimate of drug-likeness (QED) is 0.891. The number of benzene rings is 1. The van der Waals surface area contributed by atoms with E-state index >= 15 is 0 Å². The van der Waals surface area contributed by atoms with Crippen LogP contribution in [-0.4, -0.2) is 30.0 Å². The molecule has 0 atom stereocenters. The second kappa shape index (κ2) is 8.06. The van der Waals surface area contributed by atoms with Gasteiger partial charge < -0.3 is 10.1 Å². The van der Waals surface area contributed by atoms with Crippen LogP contribution in [0.1, 0.15) is 43.6 Å². The maximum Gasteiger partial charge on any atom is 0.263 e. The van der Waals surface area contributed by atoms with Crippen LogP contribution in [0.25, 0.3) is 0 Å². The minimum absolute atomic E-state index is 0.000925. The van der Waals surface area contributed by atoms with E-state index in [9.17, 15) is 4.79 Å². The van der Waals surface area contributed by atoms with Gasteiger partial charge in [-0.25, -0.2) is 0 Å². The number of rotatable bonds is 4. The molecule has 23 heavy (non-hydrogen) atoms. The Morgan fingerprint density at radius 3 is 2.91 bits per heavy atom. The van der Waals surface area contributed by atoms with E-state index in [1.807, 2.05) is 18.2 Å². The normalized spacial score (nSPS) is 18.6. The summed E-state index contributed by atoms with van der Waals surface area (Å²) in [4.78, 5) is 16.2. The van der Waals surface area contributed by atoms with Gasteiger partial charge in [-0.05, 0) is 42.5 Å². The molecule has 1 aliphatic heterocycles. The first kappa shape index (κ1) is 16.7. The van der Waals surface area contributed by atoms with E-state index in [-0.39, 0.29) is 12.5 Å². The molecule has 1 fully saturated rings. The number of ether oxygens (including phenoxy) is 1. The first-order valence-electron chi connectivity index (χ1n) is 8.12. The maximum absolute atomic E-state index is 12.0. The Hall–Kier alpha value is -1.20. The van der Waals surface area contributed by atoms with Gasteiger partial charge in [0.15, 0.2) is 11.8 Å². The standard InChI is InChI=1S/C17H21ClN2O2S/c18-13-6-7-15(14(10-13)12-4-2-1-3-5-12)22-11-16(21)20-17-19-8-9-23-17/h6-7,10,12H,1-5,8-9,11H2,(H,19,20,21). The van der Waals surface area contributed by atoms with Crippen LogP contribution in [0, 0.1) is 0 Å². The lowest BCUT2D eigenvalue weighted by Gasteiger charge is -2.24. The summed E-state index contributed by atoms with van der Waals surface area (Å²) >= 11 is 7.72. The summed E-state index contributed by atoms with van der Waals surface area (Å²) < 4.78 is 5.78. The van der Waals surface area contributed by atoms with E-state index in [2.05, 4.69) is 10.3 Å². The molecule has 124 valence electrons. The number of amides is 1. The average molecular weight is 353 g/mol. The molecule has 0 unspecified atom stereocenters. The molecule has 3 rings (SSSR count). The van der Waals surface area contributed by atoms with Crippen LogP contribution in [0.4, 0.5) is 0 Å². The van der Waals surface area contributed by atoms with Gasteiger partial charge >= 0.3 is 0 Å². The molecule has 1 N–H and O–H groups in total. The average Bonchev–Trinajstić information content (AvgIpc) is 3.07. The molecule has 2 aliphatic rings. The molecule has 0 radical (unpaired) electrons. The van der Waals surface area contributed by atoms with Crippen molar-refractivity contribution in [1.29, 1.82) is 0 Å². The van der Waals surface area contributed by atoms with Crippen molar-refractivity contribution in [3.8, 4) is 5.75 Å². The molecule has 1 amide bonds. The number of amidine groups is 1. The molecule has 1 aromatic carbocycles. The fourth-order valence-corrected chi connectivity index (χ4v) is 4.02. The van der Waals surface area contributed by atoms with E-state index in [0.717, 1.165) is 41.5 Å². The molecular formula is C17H21ClN2O2S. The van der Waals surface area contributed by atoms with E-state index in [0.29, 0.717) is 11.1 Å². The zero-order chi connectivity index (χ0) is 16.1. The van der Waals surface area contributed by atoms with E-state index in [1.54, 1.807) is 11.8 Å². The smallest absolute Gasteiger partial charge is 0.263 e. The maximum atomic E-state index is 12.0. The van der Waals surface area contributed by atoms with Gasteiger partial charge in [0.2, 0.25) is 0 Å². The molecule has 1 heterocycles. The number of aliphatic imine (C=N–C) groups is 1. The summed E-state index contributed by atoms with van der Waals surface area (Å²) in [6.45, 7) is 0.769. The Kier molecular flexibility index (Phi) is 5.84. The Balaban J connectivity index is 1.63. The van der Waals surface area contributed by atoms with E-state index in [1.165, 1.54) is 19.3 Å². The predicted octanol–water partition coefficient (Wildman–Crippen LogP) is 3.99. The van der Waals surface area contributed by atoms with Crippen LogP contribution in [0.5, 0.6) is 5.75 Å². The highest BCUT2D eigenvalue weighted by molar-refractivity contribution is 8.14. The monoisotopic (exact) mass is 352 g/mol. The third kappa shape index (κ3) is 4.64. The second-order valence-electron chi connectivity index (χ2n) is 5.89. The minimum Gasteiger partial charge on any atom is -0.483 e. The molecule has 1 saturated carbocycles. The lowest BCUT2D eigenvalue weighted by molar-refractivity contribution is -0.121. The Morgan fingerprint density at radius 2 is 2.17 bits per heavy atom. The largest absolute Gasteiger partial charge is 0.483 e. The number of halogens is 1. The van der Waals surface area contributed by atoms with Gasteiger partial charge in [0.25, 0.3) is 5.91 Å². The van der Waals surface area contributed by atoms with Gasteiger partial charge in [-0.2, -0.15) is 0 Å². The van der Waals surface area contributed by atoms with Crippen molar-refractivity contribution in [3.05, 3.63) is 28.8 Å². The van der Waals surface area contributed by atoms with Crippen molar-refractivity contribution in [1.82, 2.24) is 5.32 Å². The van der Waals surface area contributed by atoms with Gasteiger partial charge in [0.05, 0.1) is 6.54 Å². The molecule has 6 heteroatoms. The molecular weight excluding hydrogens is 332 g/mol. The topological polar surface area (TPSA) is 50.7 Å². The van der Waals surface area contributed by atoms with E-state index in [4.69, 9.17) is 16.3 Å². The summed E-state index contributed by atoms with van der Waals surface area (Å²) in [5, 5.41) is 4.20. The predicted molar refractivity (Wildman–Crippen MR) is 95.7 cm³/mol. The number of thioether (sulfide) groups is 1. The first-order valence-corrected chi connectivity index (χ1v) is 9.48. The van der Waals surface area contributed by atoms with Crippen LogP contribution in [0.2, 0.25) is 5.02 Å². The zero-order valence-electron chi connectivity index (χ0n) is 13.0. The summed E-state index contributed by atoms with van der Waals surface area (Å²) in [6.07, 6.45) is 6.12. The number of carbonyl (C=O) groups is 1. The van der Waals surface area contributed by atoms with Crippen molar-refractivity contribution >= 4 is 34.4 Å². The van der Waals surface area contributed by atoms with Crippen LogP contribution < -0.4 is 10.1 Å². The third-order valence-corrected chi connectivity index (χ3v) is 5.33. The van der Waals surface area contributed by atoms with Crippen LogP contribution in [0.15, 0.2) is 23.2 Å². The van der Waals surface area contributed by atoms with Crippen LogP contribution >= 0.6 is 23.4 Å². The highest BCUT2D eigenvalue weighted by Crippen LogP contribution is 2.38. The fourth-order valence-electron chi connectivity index (χ4n) is 3.09. The summed E-state index contributed by atoms with van der Waals surface area (Å²) in [5.74, 6) is 2.02. The molecule has 0 spiro atoms. The van der Waals surface area contributed by atoms with Gasteiger partial charge in [-0.3, -0.25) is 9.79 Å². The SMILES string of the molecule is O=C(COc1ccc(Cl)cc1C1CCCCC1)NC1=NCCS1. The summed E-state index contributed by atoms with van der Waals surface area (Å²) in [6, 6.07) is 5.68. The minimum atomic E-state index is -0.164. The van der Waals surface area contributed by atoms with Gasteiger partial charge in [-0.1, -0.05) is 42.6 Å². The molecule has 4 nitrogen and oxygen atoms in total. The molecule has 0 aromatic heterocycles. The van der Waals surface area contributed by atoms with Gasteiger partial charge in [0.1, 0.15) is 5.75 Å². The number of hydrogen-bond acceptors (Lipinski definition) is 4. The molecule has 0 saturated heterocycles. The Labute approximate surface area is 146 Å². The summed E-state index contributed by atoms with van der Waals surface area (Å²) in [5.41, 5.74) is 1.14. The Bertz CT molecular complexity index is 600. The highest BCUT2D eigenvalue weighted by atomic mass is 35.5. The van der Waals surface area contributed by atoms with Crippen LogP contribution in [0.3, 0.4) is 0 Å². The lowest BCUT2D eigenvalue weighted by atomic mass is 9.84. The summed E-state index contributed by atoms with van der Waals surface area (Å²) in [7, 11) is 0. The van der Waals surface area contributed by atoms with Crippen molar-refractivity contribution in [2.75, 3.05) is 18.9 Å². The van der Waals surface area contributed by atoms with Crippen LogP contribution in [-0.2, 0) is 4.79 Å². The number of carbonyl (C=O) groups excluding carboxylic acids is 1. The van der Waals surface area contributed by atoms with Crippen molar-refractivity contribution in [3.63, 3.8) is 0 Å². The van der Waals surface area contributed by atoms with Gasteiger partial charge in [0, 0.05) is 10.8 Å². The Morgan fingerprint density at radius 1 is 1.35 bits per heavy atom. The lowest BCUT2D eigenvalue weighted by Crippen LogP contribution is -2.32. The first-order chi connectivity index (χ1) is 11.2. The van der Waals surface area contributed by atoms with Crippen molar-refractivity contribution < 1.29 is 9.53 Å².